The number of fused-ring (bicyclic) bond motifs is 3. The van der Waals surface area contributed by atoms with Crippen molar-refractivity contribution in [2.75, 3.05) is 20.8 Å². The zero-order valence-corrected chi connectivity index (χ0v) is 15.7. The highest BCUT2D eigenvalue weighted by Gasteiger charge is 2.38. The summed E-state index contributed by atoms with van der Waals surface area (Å²) in [6.45, 7) is 0.473. The van der Waals surface area contributed by atoms with Gasteiger partial charge in [-0.1, -0.05) is 0 Å². The summed E-state index contributed by atoms with van der Waals surface area (Å²) in [4.78, 5) is 15.0. The number of hydrogen-bond donors (Lipinski definition) is 1. The minimum atomic E-state index is -0.0952. The van der Waals surface area contributed by atoms with Gasteiger partial charge in [-0.3, -0.25) is 4.79 Å². The van der Waals surface area contributed by atoms with Crippen LogP contribution in [0.4, 0.5) is 0 Å². The van der Waals surface area contributed by atoms with E-state index < -0.39 is 0 Å². The van der Waals surface area contributed by atoms with Crippen LogP contribution in [0.5, 0.6) is 11.5 Å². The largest absolute Gasteiger partial charge is 0.497 e. The van der Waals surface area contributed by atoms with Gasteiger partial charge in [0.1, 0.15) is 18.1 Å². The summed E-state index contributed by atoms with van der Waals surface area (Å²) in [5, 5.41) is 3.64. The molecule has 25 heavy (non-hydrogen) atoms. The lowest BCUT2D eigenvalue weighted by Crippen LogP contribution is -2.51. The van der Waals surface area contributed by atoms with Crippen LogP contribution in [-0.2, 0) is 11.2 Å². The Morgan fingerprint density at radius 1 is 1.28 bits per heavy atom. The molecule has 0 radical (unpaired) electrons. The minimum absolute atomic E-state index is 0. The smallest absolute Gasteiger partial charge is 0.229 e. The second kappa shape index (κ2) is 7.42. The molecule has 0 spiro atoms. The highest BCUT2D eigenvalue weighted by molar-refractivity contribution is 5.85. The molecule has 1 amide bonds. The van der Waals surface area contributed by atoms with E-state index in [9.17, 15) is 4.79 Å². The zero-order valence-electron chi connectivity index (χ0n) is 14.9. The topological polar surface area (TPSA) is 50.8 Å². The van der Waals surface area contributed by atoms with Gasteiger partial charge in [0.2, 0.25) is 5.91 Å². The third kappa shape index (κ3) is 3.58. The van der Waals surface area contributed by atoms with E-state index in [1.165, 1.54) is 12.8 Å². The summed E-state index contributed by atoms with van der Waals surface area (Å²) in [5.74, 6) is 1.81. The number of benzene rings is 1. The lowest BCUT2D eigenvalue weighted by molar-refractivity contribution is -0.138. The average molecular weight is 367 g/mol. The molecule has 2 saturated heterocycles. The van der Waals surface area contributed by atoms with Crippen LogP contribution in [0.2, 0.25) is 0 Å². The third-order valence-electron chi connectivity index (χ3n) is 5.87. The predicted octanol–water partition coefficient (Wildman–Crippen LogP) is 2.41. The second-order valence-electron chi connectivity index (χ2n) is 7.40. The fourth-order valence-electron chi connectivity index (χ4n) is 4.47. The van der Waals surface area contributed by atoms with Gasteiger partial charge in [0.25, 0.3) is 0 Å². The molecular weight excluding hydrogens is 340 g/mol. The molecule has 2 bridgehead atoms. The van der Waals surface area contributed by atoms with Gasteiger partial charge in [-0.25, -0.2) is 0 Å². The third-order valence-corrected chi connectivity index (χ3v) is 5.87. The zero-order chi connectivity index (χ0) is 16.7. The maximum Gasteiger partial charge on any atom is 0.229 e. The molecular formula is C19H27ClN2O3. The molecule has 4 rings (SSSR count). The molecule has 3 atom stereocenters. The summed E-state index contributed by atoms with van der Waals surface area (Å²) < 4.78 is 11.1. The molecule has 2 fully saturated rings. The number of nitrogens with one attached hydrogen (secondary N) is 1. The van der Waals surface area contributed by atoms with E-state index in [4.69, 9.17) is 9.47 Å². The Bertz CT molecular complexity index is 627. The fraction of sp³-hybridized carbons (Fsp3) is 0.632. The molecule has 3 aliphatic heterocycles. The standard InChI is InChI=1S/C19H26N2O3.ClH/c1-21(16-9-14-3-4-15(10-16)20-14)19(22)13-7-12-8-17(23-2)5-6-18(12)24-11-13;/h5-6,8,13-16,20H,3-4,7,9-11H2,1-2H3;1H. The molecule has 1 N–H and O–H groups in total. The van der Waals surface area contributed by atoms with Crippen molar-refractivity contribution in [3.05, 3.63) is 23.8 Å². The summed E-state index contributed by atoms with van der Waals surface area (Å²) in [6, 6.07) is 7.37. The summed E-state index contributed by atoms with van der Waals surface area (Å²) in [6.07, 6.45) is 5.40. The molecule has 1 aromatic rings. The summed E-state index contributed by atoms with van der Waals surface area (Å²) >= 11 is 0. The molecule has 1 aromatic carbocycles. The normalized spacial score (nSPS) is 29.8. The number of rotatable bonds is 3. The summed E-state index contributed by atoms with van der Waals surface area (Å²) in [5.41, 5.74) is 1.07. The quantitative estimate of drug-likeness (QED) is 0.892. The maximum atomic E-state index is 13.0. The first-order valence-corrected chi connectivity index (χ1v) is 8.96. The van der Waals surface area contributed by atoms with Crippen LogP contribution in [0, 0.1) is 5.92 Å². The SMILES string of the molecule is COc1ccc2c(c1)CC(C(=O)N(C)C1CC3CCC(C1)N3)CO2.Cl. The van der Waals surface area contributed by atoms with Crippen molar-refractivity contribution < 1.29 is 14.3 Å². The van der Waals surface area contributed by atoms with Gasteiger partial charge < -0.3 is 19.7 Å². The predicted molar refractivity (Wildman–Crippen MR) is 98.7 cm³/mol. The van der Waals surface area contributed by atoms with E-state index in [2.05, 4.69) is 5.32 Å². The minimum Gasteiger partial charge on any atom is -0.497 e. The molecule has 3 aliphatic rings. The van der Waals surface area contributed by atoms with Crippen molar-refractivity contribution in [3.8, 4) is 11.5 Å². The first kappa shape index (κ1) is 18.3. The number of carbonyl (C=O) groups is 1. The van der Waals surface area contributed by atoms with Gasteiger partial charge in [0.15, 0.2) is 0 Å². The first-order valence-electron chi connectivity index (χ1n) is 8.96. The first-order chi connectivity index (χ1) is 11.6. The Hall–Kier alpha value is -1.46. The highest BCUT2D eigenvalue weighted by Crippen LogP contribution is 2.33. The van der Waals surface area contributed by atoms with E-state index in [1.54, 1.807) is 7.11 Å². The molecule has 6 heteroatoms. The van der Waals surface area contributed by atoms with Gasteiger partial charge in [0.05, 0.1) is 13.0 Å². The number of ether oxygens (including phenoxy) is 2. The molecule has 0 aliphatic carbocycles. The molecule has 5 nitrogen and oxygen atoms in total. The van der Waals surface area contributed by atoms with Crippen molar-refractivity contribution in [1.82, 2.24) is 10.2 Å². The summed E-state index contributed by atoms with van der Waals surface area (Å²) in [7, 11) is 3.63. The van der Waals surface area contributed by atoms with Crippen molar-refractivity contribution in [2.45, 2.75) is 50.2 Å². The van der Waals surface area contributed by atoms with E-state index >= 15 is 0 Å². The van der Waals surface area contributed by atoms with E-state index in [0.29, 0.717) is 24.7 Å². The number of piperidine rings is 1. The van der Waals surface area contributed by atoms with Gasteiger partial charge in [-0.05, 0) is 55.9 Å². The number of halogens is 1. The Morgan fingerprint density at radius 2 is 2.00 bits per heavy atom. The van der Waals surface area contributed by atoms with Crippen LogP contribution in [0.3, 0.4) is 0 Å². The van der Waals surface area contributed by atoms with Crippen molar-refractivity contribution in [1.29, 1.82) is 0 Å². The van der Waals surface area contributed by atoms with Crippen molar-refractivity contribution >= 4 is 18.3 Å². The Kier molecular flexibility index (Phi) is 5.44. The average Bonchev–Trinajstić information content (AvgIpc) is 2.97. The number of nitrogens with zero attached hydrogens (tertiary/aromatic N) is 1. The van der Waals surface area contributed by atoms with Crippen LogP contribution in [-0.4, -0.2) is 49.7 Å². The molecule has 3 unspecified atom stereocenters. The Morgan fingerprint density at radius 3 is 2.68 bits per heavy atom. The van der Waals surface area contributed by atoms with Crippen LogP contribution >= 0.6 is 12.4 Å². The number of hydrogen-bond acceptors (Lipinski definition) is 4. The van der Waals surface area contributed by atoms with Crippen LogP contribution in [0.15, 0.2) is 18.2 Å². The fourth-order valence-corrected chi connectivity index (χ4v) is 4.47. The lowest BCUT2D eigenvalue weighted by Gasteiger charge is -2.38. The van der Waals surface area contributed by atoms with Crippen LogP contribution < -0.4 is 14.8 Å². The molecule has 0 saturated carbocycles. The number of methoxy groups -OCH3 is 1. The monoisotopic (exact) mass is 366 g/mol. The second-order valence-corrected chi connectivity index (χ2v) is 7.40. The number of carbonyl (C=O) groups excluding carboxylic acids is 1. The highest BCUT2D eigenvalue weighted by atomic mass is 35.5. The van der Waals surface area contributed by atoms with Gasteiger partial charge in [-0.2, -0.15) is 0 Å². The van der Waals surface area contributed by atoms with Crippen molar-refractivity contribution in [2.24, 2.45) is 5.92 Å². The van der Waals surface area contributed by atoms with E-state index in [0.717, 1.165) is 36.3 Å². The van der Waals surface area contributed by atoms with E-state index in [-0.39, 0.29) is 24.2 Å². The van der Waals surface area contributed by atoms with Gasteiger partial charge >= 0.3 is 0 Å². The van der Waals surface area contributed by atoms with Gasteiger partial charge in [-0.15, -0.1) is 12.4 Å². The van der Waals surface area contributed by atoms with E-state index in [1.807, 2.05) is 30.1 Å². The Balaban J connectivity index is 0.00000182. The Labute approximate surface area is 155 Å². The molecule has 3 heterocycles. The maximum absolute atomic E-state index is 13.0. The molecule has 0 aromatic heterocycles. The molecule has 138 valence electrons. The lowest BCUT2D eigenvalue weighted by atomic mass is 9.93. The number of amides is 1. The van der Waals surface area contributed by atoms with Crippen molar-refractivity contribution in [3.63, 3.8) is 0 Å². The van der Waals surface area contributed by atoms with Crippen LogP contribution in [0.25, 0.3) is 0 Å². The van der Waals surface area contributed by atoms with Crippen LogP contribution in [0.1, 0.15) is 31.2 Å². The van der Waals surface area contributed by atoms with Gasteiger partial charge in [0, 0.05) is 25.2 Å².